The van der Waals surface area contributed by atoms with Crippen LogP contribution in [0.25, 0.3) is 10.9 Å². The molecule has 1 aromatic heterocycles. The van der Waals surface area contributed by atoms with Crippen LogP contribution >= 0.6 is 0 Å². The molecule has 3 heterocycles. The Bertz CT molecular complexity index is 934. The Kier molecular flexibility index (Phi) is 4.14. The van der Waals surface area contributed by atoms with Crippen molar-refractivity contribution in [3.63, 3.8) is 0 Å². The van der Waals surface area contributed by atoms with Gasteiger partial charge in [-0.15, -0.1) is 0 Å². The molecule has 4 rings (SSSR count). The molecule has 27 heavy (non-hydrogen) atoms. The van der Waals surface area contributed by atoms with Crippen molar-refractivity contribution >= 4 is 22.8 Å². The first kappa shape index (κ1) is 17.9. The first-order valence-electron chi connectivity index (χ1n) is 9.12. The number of aromatic nitrogens is 1. The van der Waals surface area contributed by atoms with Gasteiger partial charge >= 0.3 is 5.97 Å². The summed E-state index contributed by atoms with van der Waals surface area (Å²) in [6, 6.07) is 5.68. The summed E-state index contributed by atoms with van der Waals surface area (Å²) in [5, 5.41) is 10.7. The summed E-state index contributed by atoms with van der Waals surface area (Å²) in [6.45, 7) is 3.37. The zero-order valence-corrected chi connectivity index (χ0v) is 15.8. The van der Waals surface area contributed by atoms with E-state index in [1.54, 1.807) is 12.0 Å². The molecule has 144 valence electrons. The van der Waals surface area contributed by atoms with Crippen molar-refractivity contribution in [1.29, 1.82) is 0 Å². The van der Waals surface area contributed by atoms with E-state index in [4.69, 9.17) is 9.47 Å². The van der Waals surface area contributed by atoms with Gasteiger partial charge in [0.25, 0.3) is 5.91 Å². The summed E-state index contributed by atoms with van der Waals surface area (Å²) in [5.41, 5.74) is 1.53. The van der Waals surface area contributed by atoms with Crippen LogP contribution in [0.4, 0.5) is 0 Å². The number of carbonyl (C=O) groups is 2. The molecule has 0 saturated carbocycles. The third kappa shape index (κ3) is 2.52. The van der Waals surface area contributed by atoms with Crippen molar-refractivity contribution in [3.8, 4) is 5.75 Å². The summed E-state index contributed by atoms with van der Waals surface area (Å²) < 4.78 is 12.8. The predicted octanol–water partition coefficient (Wildman–Crippen LogP) is 2.06. The van der Waals surface area contributed by atoms with E-state index in [9.17, 15) is 14.7 Å². The Hall–Kier alpha value is -2.54. The van der Waals surface area contributed by atoms with Crippen LogP contribution in [-0.4, -0.2) is 59.9 Å². The van der Waals surface area contributed by atoms with E-state index >= 15 is 0 Å². The highest BCUT2D eigenvalue weighted by molar-refractivity contribution is 6.09. The predicted molar refractivity (Wildman–Crippen MR) is 99.1 cm³/mol. The lowest BCUT2D eigenvalue weighted by molar-refractivity contribution is -0.157. The van der Waals surface area contributed by atoms with Crippen LogP contribution in [0, 0.1) is 18.3 Å². The number of fused-ring (bicyclic) bond motifs is 2. The van der Waals surface area contributed by atoms with Crippen LogP contribution < -0.4 is 4.74 Å². The lowest BCUT2D eigenvalue weighted by Gasteiger charge is -2.33. The van der Waals surface area contributed by atoms with Crippen LogP contribution in [0.2, 0.25) is 0 Å². The van der Waals surface area contributed by atoms with Gasteiger partial charge in [0.2, 0.25) is 0 Å². The van der Waals surface area contributed by atoms with Gasteiger partial charge in [0.15, 0.2) is 0 Å². The summed E-state index contributed by atoms with van der Waals surface area (Å²) >= 11 is 0. The summed E-state index contributed by atoms with van der Waals surface area (Å²) in [4.78, 5) is 27.1. The van der Waals surface area contributed by atoms with Gasteiger partial charge < -0.3 is 24.0 Å². The van der Waals surface area contributed by atoms with E-state index in [0.717, 1.165) is 16.6 Å². The fourth-order valence-electron chi connectivity index (χ4n) is 4.56. The van der Waals surface area contributed by atoms with Crippen molar-refractivity contribution in [2.45, 2.75) is 13.3 Å². The highest BCUT2D eigenvalue weighted by Gasteiger charge is 2.55. The van der Waals surface area contributed by atoms with Gasteiger partial charge in [-0.25, -0.2) is 0 Å². The van der Waals surface area contributed by atoms with Gasteiger partial charge in [0, 0.05) is 49.3 Å². The maximum Gasteiger partial charge on any atom is 0.311 e. The molecule has 1 aromatic carbocycles. The van der Waals surface area contributed by atoms with E-state index in [0.29, 0.717) is 37.5 Å². The maximum atomic E-state index is 13.4. The molecule has 2 fully saturated rings. The van der Waals surface area contributed by atoms with Gasteiger partial charge in [0.05, 0.1) is 24.7 Å². The molecule has 0 bridgehead atoms. The molecule has 0 radical (unpaired) electrons. The van der Waals surface area contributed by atoms with Gasteiger partial charge in [-0.2, -0.15) is 0 Å². The molecule has 2 aromatic rings. The number of ether oxygens (including phenoxy) is 2. The van der Waals surface area contributed by atoms with Crippen LogP contribution in [0.5, 0.6) is 5.75 Å². The number of hydrogen-bond acceptors (Lipinski definition) is 4. The first-order chi connectivity index (χ1) is 12.9. The summed E-state index contributed by atoms with van der Waals surface area (Å²) in [5.74, 6) is -0.436. The molecule has 2 atom stereocenters. The number of rotatable bonds is 3. The molecule has 1 amide bonds. The molecule has 1 N–H and O–H groups in total. The normalized spacial score (nSPS) is 24.9. The van der Waals surface area contributed by atoms with Crippen molar-refractivity contribution < 1.29 is 24.2 Å². The Morgan fingerprint density at radius 1 is 1.37 bits per heavy atom. The molecule has 0 spiro atoms. The van der Waals surface area contributed by atoms with E-state index < -0.39 is 11.4 Å². The van der Waals surface area contributed by atoms with Crippen molar-refractivity contribution in [2.24, 2.45) is 18.4 Å². The molecule has 2 saturated heterocycles. The minimum absolute atomic E-state index is 0.124. The lowest BCUT2D eigenvalue weighted by Crippen LogP contribution is -2.45. The molecule has 2 aliphatic rings. The number of aryl methyl sites for hydroxylation is 1. The number of methoxy groups -OCH3 is 1. The number of hydrogen-bond donors (Lipinski definition) is 1. The summed E-state index contributed by atoms with van der Waals surface area (Å²) in [7, 11) is 3.53. The van der Waals surface area contributed by atoms with Gasteiger partial charge in [-0.3, -0.25) is 9.59 Å². The molecule has 0 aliphatic carbocycles. The van der Waals surface area contributed by atoms with Crippen LogP contribution in [0.1, 0.15) is 22.5 Å². The minimum Gasteiger partial charge on any atom is -0.497 e. The molecule has 0 unspecified atom stereocenters. The van der Waals surface area contributed by atoms with E-state index in [-0.39, 0.29) is 18.4 Å². The van der Waals surface area contributed by atoms with Crippen molar-refractivity contribution in [3.05, 3.63) is 29.5 Å². The third-order valence-corrected chi connectivity index (χ3v) is 6.33. The second kappa shape index (κ2) is 6.27. The number of amides is 1. The molecular weight excluding hydrogens is 348 g/mol. The monoisotopic (exact) mass is 372 g/mol. The topological polar surface area (TPSA) is 81.0 Å². The second-order valence-electron chi connectivity index (χ2n) is 7.57. The Labute approximate surface area is 157 Å². The largest absolute Gasteiger partial charge is 0.497 e. The SMILES string of the molecule is COc1ccc2c(c1)c(C(=O)N1C[C@@H]3COCC[C@]3(C(=O)O)C1)c(C)n2C. The molecule has 7 heteroatoms. The number of carboxylic acid groups (broad SMARTS) is 1. The highest BCUT2D eigenvalue weighted by Crippen LogP contribution is 2.43. The first-order valence-corrected chi connectivity index (χ1v) is 9.12. The Morgan fingerprint density at radius 2 is 2.15 bits per heavy atom. The molecular formula is C20H24N2O5. The van der Waals surface area contributed by atoms with Crippen LogP contribution in [0.15, 0.2) is 18.2 Å². The van der Waals surface area contributed by atoms with E-state index in [2.05, 4.69) is 0 Å². The zero-order valence-electron chi connectivity index (χ0n) is 15.8. The van der Waals surface area contributed by atoms with E-state index in [1.807, 2.05) is 36.7 Å². The number of benzene rings is 1. The molecule has 7 nitrogen and oxygen atoms in total. The van der Waals surface area contributed by atoms with Crippen molar-refractivity contribution in [1.82, 2.24) is 9.47 Å². The van der Waals surface area contributed by atoms with E-state index in [1.165, 1.54) is 0 Å². The number of likely N-dealkylation sites (tertiary alicyclic amines) is 1. The molecule has 2 aliphatic heterocycles. The third-order valence-electron chi connectivity index (χ3n) is 6.33. The number of aliphatic carboxylic acids is 1. The Morgan fingerprint density at radius 3 is 2.81 bits per heavy atom. The average Bonchev–Trinajstić information content (AvgIpc) is 3.18. The standard InChI is InChI=1S/C20H24N2O5/c1-12-17(15-8-14(26-3)4-5-16(15)21(12)2)18(23)22-9-13-10-27-7-6-20(13,11-22)19(24)25/h4-5,8,13H,6-7,9-11H2,1-3H3,(H,24,25)/t13-,20+/m1/s1. The number of carboxylic acids is 1. The van der Waals surface area contributed by atoms with Crippen LogP contribution in [0.3, 0.4) is 0 Å². The number of carbonyl (C=O) groups excluding carboxylic acids is 1. The average molecular weight is 372 g/mol. The fraction of sp³-hybridized carbons (Fsp3) is 0.500. The highest BCUT2D eigenvalue weighted by atomic mass is 16.5. The quantitative estimate of drug-likeness (QED) is 0.892. The number of nitrogens with zero attached hydrogens (tertiary/aromatic N) is 2. The van der Waals surface area contributed by atoms with Gasteiger partial charge in [-0.1, -0.05) is 0 Å². The smallest absolute Gasteiger partial charge is 0.311 e. The van der Waals surface area contributed by atoms with Gasteiger partial charge in [0.1, 0.15) is 5.75 Å². The second-order valence-corrected chi connectivity index (χ2v) is 7.57. The lowest BCUT2D eigenvalue weighted by atomic mass is 9.74. The van der Waals surface area contributed by atoms with Crippen molar-refractivity contribution in [2.75, 3.05) is 33.4 Å². The minimum atomic E-state index is -0.899. The Balaban J connectivity index is 1.75. The summed E-state index contributed by atoms with van der Waals surface area (Å²) in [6.07, 6.45) is 0.444. The van der Waals surface area contributed by atoms with Gasteiger partial charge in [-0.05, 0) is 31.5 Å². The fourth-order valence-corrected chi connectivity index (χ4v) is 4.56. The maximum absolute atomic E-state index is 13.4. The van der Waals surface area contributed by atoms with Crippen LogP contribution in [-0.2, 0) is 16.6 Å². The zero-order chi connectivity index (χ0) is 19.3.